The Kier molecular flexibility index (Phi) is 6.95. The first-order chi connectivity index (χ1) is 11.2. The molecule has 1 aromatic carbocycles. The summed E-state index contributed by atoms with van der Waals surface area (Å²) >= 11 is 0. The zero-order valence-corrected chi connectivity index (χ0v) is 13.0. The molecule has 1 aliphatic rings. The third-order valence-electron chi connectivity index (χ3n) is 3.07. The van der Waals surface area contributed by atoms with E-state index in [1.165, 1.54) is 12.1 Å². The molecule has 0 aliphatic carbocycles. The number of hydrogen-bond acceptors (Lipinski definition) is 9. The van der Waals surface area contributed by atoms with Crippen LogP contribution in [0.3, 0.4) is 0 Å². The van der Waals surface area contributed by atoms with Gasteiger partial charge in [0.25, 0.3) is 15.9 Å². The standard InChI is InChI=1S/C7H5NO3S.C6H12O6/c9-7-5-3-1-2-4-6(5)12(10,11)8-7;7-1-3(9)5(11)6(12)4(10)2-8/h1-4H,(H,8,9);1,3-6,8-12H,2H2/t;3-,4+,5+,6-/m.0/s1. The van der Waals surface area contributed by atoms with Crippen molar-refractivity contribution in [3.8, 4) is 0 Å². The molecule has 0 radical (unpaired) electrons. The van der Waals surface area contributed by atoms with E-state index in [1.54, 1.807) is 12.1 Å². The van der Waals surface area contributed by atoms with Gasteiger partial charge < -0.3 is 30.3 Å². The Hall–Kier alpha value is -1.89. The van der Waals surface area contributed by atoms with E-state index in [1.807, 2.05) is 4.72 Å². The monoisotopic (exact) mass is 363 g/mol. The van der Waals surface area contributed by atoms with Crippen LogP contribution < -0.4 is 4.72 Å². The number of aliphatic hydroxyl groups excluding tert-OH is 5. The summed E-state index contributed by atoms with van der Waals surface area (Å²) in [5.41, 5.74) is 0.220. The first kappa shape index (κ1) is 20.2. The third-order valence-corrected chi connectivity index (χ3v) is 4.46. The molecule has 10 nitrogen and oxygen atoms in total. The lowest BCUT2D eigenvalue weighted by Crippen LogP contribution is -2.46. The van der Waals surface area contributed by atoms with E-state index < -0.39 is 47.0 Å². The normalized spacial score (nSPS) is 19.8. The SMILES string of the molecule is O=C1NS(=O)(=O)c2ccccc21.O=C[C@H](O)[C@@H](O)[C@@H](O)[C@H](O)CO. The Morgan fingerprint density at radius 1 is 1.08 bits per heavy atom. The highest BCUT2D eigenvalue weighted by molar-refractivity contribution is 7.90. The molecule has 0 aromatic heterocycles. The van der Waals surface area contributed by atoms with Gasteiger partial charge in [0.2, 0.25) is 0 Å². The van der Waals surface area contributed by atoms with E-state index in [4.69, 9.17) is 25.5 Å². The third kappa shape index (κ3) is 4.56. The first-order valence-electron chi connectivity index (χ1n) is 6.60. The van der Waals surface area contributed by atoms with Crippen molar-refractivity contribution in [1.82, 2.24) is 4.72 Å². The molecular weight excluding hydrogens is 346 g/mol. The Morgan fingerprint density at radius 2 is 1.67 bits per heavy atom. The number of rotatable bonds is 5. The molecule has 134 valence electrons. The van der Waals surface area contributed by atoms with Crippen molar-refractivity contribution in [2.75, 3.05) is 6.61 Å². The minimum absolute atomic E-state index is 0.0258. The van der Waals surface area contributed by atoms with Gasteiger partial charge in [0, 0.05) is 0 Å². The highest BCUT2D eigenvalue weighted by Crippen LogP contribution is 2.20. The second-order valence-electron chi connectivity index (χ2n) is 4.79. The van der Waals surface area contributed by atoms with Crippen LogP contribution in [0.15, 0.2) is 29.2 Å². The summed E-state index contributed by atoms with van der Waals surface area (Å²) in [5, 5.41) is 43.5. The molecule has 0 saturated carbocycles. The van der Waals surface area contributed by atoms with Crippen molar-refractivity contribution in [3.63, 3.8) is 0 Å². The average Bonchev–Trinajstić information content (AvgIpc) is 2.82. The van der Waals surface area contributed by atoms with Gasteiger partial charge in [-0.25, -0.2) is 13.1 Å². The molecule has 0 saturated heterocycles. The fraction of sp³-hybridized carbons (Fsp3) is 0.385. The van der Waals surface area contributed by atoms with Crippen LogP contribution in [0, 0.1) is 0 Å². The maximum absolute atomic E-state index is 11.1. The minimum Gasteiger partial charge on any atom is -0.394 e. The van der Waals surface area contributed by atoms with Crippen LogP contribution in [0.2, 0.25) is 0 Å². The zero-order valence-electron chi connectivity index (χ0n) is 12.2. The van der Waals surface area contributed by atoms with Gasteiger partial charge in [-0.3, -0.25) is 4.79 Å². The van der Waals surface area contributed by atoms with Crippen LogP contribution in [0.1, 0.15) is 10.4 Å². The molecule has 1 aliphatic heterocycles. The molecule has 11 heteroatoms. The molecule has 1 amide bonds. The summed E-state index contributed by atoms with van der Waals surface area (Å²) in [6.07, 6.45) is -6.84. The van der Waals surface area contributed by atoms with E-state index in [-0.39, 0.29) is 16.7 Å². The summed E-state index contributed by atoms with van der Waals surface area (Å²) in [5.74, 6) is -0.550. The topological polar surface area (TPSA) is 181 Å². The number of carbonyl (C=O) groups is 2. The second kappa shape index (κ2) is 8.28. The number of aldehydes is 1. The summed E-state index contributed by atoms with van der Waals surface area (Å²) in [7, 11) is -3.55. The van der Waals surface area contributed by atoms with E-state index in [2.05, 4.69) is 0 Å². The largest absolute Gasteiger partial charge is 0.394 e. The van der Waals surface area contributed by atoms with Crippen molar-refractivity contribution >= 4 is 22.2 Å². The van der Waals surface area contributed by atoms with Crippen LogP contribution in [-0.2, 0) is 14.8 Å². The lowest BCUT2D eigenvalue weighted by Gasteiger charge is -2.22. The van der Waals surface area contributed by atoms with Gasteiger partial charge in [0.15, 0.2) is 6.29 Å². The number of sulfonamides is 1. The predicted octanol–water partition coefficient (Wildman–Crippen LogP) is -3.26. The molecular formula is C13H17NO9S. The highest BCUT2D eigenvalue weighted by atomic mass is 32.2. The fourth-order valence-corrected chi connectivity index (χ4v) is 2.91. The van der Waals surface area contributed by atoms with E-state index >= 15 is 0 Å². The molecule has 6 N–H and O–H groups in total. The second-order valence-corrected chi connectivity index (χ2v) is 6.44. The smallest absolute Gasteiger partial charge is 0.266 e. The van der Waals surface area contributed by atoms with E-state index in [0.29, 0.717) is 0 Å². The summed E-state index contributed by atoms with van der Waals surface area (Å²) < 4.78 is 24.2. The predicted molar refractivity (Wildman–Crippen MR) is 78.3 cm³/mol. The van der Waals surface area contributed by atoms with Crippen LogP contribution in [0.4, 0.5) is 0 Å². The van der Waals surface area contributed by atoms with Crippen molar-refractivity contribution in [2.24, 2.45) is 0 Å². The van der Waals surface area contributed by atoms with Gasteiger partial charge in [0.05, 0.1) is 12.2 Å². The van der Waals surface area contributed by atoms with Crippen molar-refractivity contribution in [2.45, 2.75) is 29.3 Å². The molecule has 24 heavy (non-hydrogen) atoms. The lowest BCUT2D eigenvalue weighted by atomic mass is 10.0. The molecule has 0 bridgehead atoms. The van der Waals surface area contributed by atoms with Gasteiger partial charge in [-0.1, -0.05) is 12.1 Å². The maximum atomic E-state index is 11.1. The number of benzene rings is 1. The molecule has 0 spiro atoms. The number of fused-ring (bicyclic) bond motifs is 1. The van der Waals surface area contributed by atoms with Crippen LogP contribution in [0.5, 0.6) is 0 Å². The van der Waals surface area contributed by atoms with Crippen LogP contribution >= 0.6 is 0 Å². The number of amides is 1. The zero-order chi connectivity index (χ0) is 18.5. The summed E-state index contributed by atoms with van der Waals surface area (Å²) in [6.45, 7) is -0.760. The molecule has 1 heterocycles. The quantitative estimate of drug-likeness (QED) is 0.292. The van der Waals surface area contributed by atoms with Gasteiger partial charge in [-0.15, -0.1) is 0 Å². The summed E-state index contributed by atoms with van der Waals surface area (Å²) in [4.78, 5) is 21.0. The van der Waals surface area contributed by atoms with Crippen molar-refractivity contribution in [1.29, 1.82) is 0 Å². The Balaban J connectivity index is 0.000000240. The van der Waals surface area contributed by atoms with E-state index in [9.17, 15) is 18.0 Å². The number of aliphatic hydroxyl groups is 5. The van der Waals surface area contributed by atoms with E-state index in [0.717, 1.165) is 0 Å². The number of hydrogen-bond donors (Lipinski definition) is 6. The van der Waals surface area contributed by atoms with Gasteiger partial charge in [-0.05, 0) is 12.1 Å². The molecule has 4 atom stereocenters. The Bertz CT molecular complexity index is 690. The summed E-state index contributed by atoms with van der Waals surface area (Å²) in [6, 6.07) is 6.09. The minimum atomic E-state index is -3.55. The Labute approximate surface area is 137 Å². The molecule has 0 unspecified atom stereocenters. The first-order valence-corrected chi connectivity index (χ1v) is 8.08. The van der Waals surface area contributed by atoms with Gasteiger partial charge in [0.1, 0.15) is 29.3 Å². The van der Waals surface area contributed by atoms with Crippen LogP contribution in [0.25, 0.3) is 0 Å². The van der Waals surface area contributed by atoms with Gasteiger partial charge in [-0.2, -0.15) is 0 Å². The van der Waals surface area contributed by atoms with Crippen LogP contribution in [-0.4, -0.2) is 77.2 Å². The van der Waals surface area contributed by atoms with Crippen molar-refractivity contribution < 1.29 is 43.5 Å². The van der Waals surface area contributed by atoms with Crippen molar-refractivity contribution in [3.05, 3.63) is 29.8 Å². The maximum Gasteiger partial charge on any atom is 0.266 e. The lowest BCUT2D eigenvalue weighted by molar-refractivity contribution is -0.136. The number of nitrogens with one attached hydrogen (secondary N) is 1. The number of carbonyl (C=O) groups excluding carboxylic acids is 2. The Morgan fingerprint density at radius 3 is 2.17 bits per heavy atom. The average molecular weight is 363 g/mol. The fourth-order valence-electron chi connectivity index (χ4n) is 1.74. The van der Waals surface area contributed by atoms with Gasteiger partial charge >= 0.3 is 0 Å². The molecule has 2 rings (SSSR count). The molecule has 1 aromatic rings. The highest BCUT2D eigenvalue weighted by Gasteiger charge is 2.31. The molecule has 0 fully saturated rings.